The molecule has 0 spiro atoms. The van der Waals surface area contributed by atoms with Crippen molar-refractivity contribution in [2.75, 3.05) is 6.54 Å². The van der Waals surface area contributed by atoms with Gasteiger partial charge < -0.3 is 9.73 Å². The summed E-state index contributed by atoms with van der Waals surface area (Å²) in [4.78, 5) is 4.21. The van der Waals surface area contributed by atoms with Crippen LogP contribution in [0.1, 0.15) is 19.7 Å². The maximum absolute atomic E-state index is 5.58. The zero-order valence-electron chi connectivity index (χ0n) is 10.4. The molecule has 0 aliphatic heterocycles. The van der Waals surface area contributed by atoms with Gasteiger partial charge in [0.15, 0.2) is 0 Å². The molecule has 0 fully saturated rings. The van der Waals surface area contributed by atoms with Gasteiger partial charge in [-0.3, -0.25) is 0 Å². The summed E-state index contributed by atoms with van der Waals surface area (Å²) in [5, 5.41) is 11.3. The molecular weight excluding hydrogens is 296 g/mol. The summed E-state index contributed by atoms with van der Waals surface area (Å²) < 4.78 is 6.43. The van der Waals surface area contributed by atoms with Crippen LogP contribution in [-0.4, -0.2) is 27.8 Å². The Labute approximate surface area is 114 Å². The van der Waals surface area contributed by atoms with E-state index in [0.717, 1.165) is 17.4 Å². The van der Waals surface area contributed by atoms with E-state index in [4.69, 9.17) is 4.42 Å². The van der Waals surface area contributed by atoms with E-state index in [1.165, 1.54) is 0 Å². The smallest absolute Gasteiger partial charge is 0.267 e. The van der Waals surface area contributed by atoms with Gasteiger partial charge >= 0.3 is 0 Å². The Morgan fingerprint density at radius 3 is 2.94 bits per heavy atom. The molecule has 0 saturated carbocycles. The molecular formula is C12H15BrN4O. The summed E-state index contributed by atoms with van der Waals surface area (Å²) in [5.74, 6) is 1.07. The van der Waals surface area contributed by atoms with Crippen LogP contribution in [0.4, 0.5) is 0 Å². The minimum atomic E-state index is 0.446. The second kappa shape index (κ2) is 6.06. The Morgan fingerprint density at radius 1 is 1.39 bits per heavy atom. The molecule has 0 radical (unpaired) electrons. The van der Waals surface area contributed by atoms with Crippen LogP contribution in [0, 0.1) is 0 Å². The lowest BCUT2D eigenvalue weighted by Gasteiger charge is -2.04. The number of pyridine rings is 1. The van der Waals surface area contributed by atoms with Crippen LogP contribution in [0.5, 0.6) is 0 Å². The molecule has 0 aliphatic rings. The van der Waals surface area contributed by atoms with E-state index in [2.05, 4.69) is 50.3 Å². The van der Waals surface area contributed by atoms with Gasteiger partial charge in [0.2, 0.25) is 5.89 Å². The van der Waals surface area contributed by atoms with E-state index in [-0.39, 0.29) is 0 Å². The van der Waals surface area contributed by atoms with Gasteiger partial charge in [-0.25, -0.2) is 4.98 Å². The number of halogens is 1. The third-order valence-electron chi connectivity index (χ3n) is 2.32. The van der Waals surface area contributed by atoms with Crippen LogP contribution in [0.2, 0.25) is 0 Å². The van der Waals surface area contributed by atoms with Gasteiger partial charge in [-0.1, -0.05) is 13.8 Å². The van der Waals surface area contributed by atoms with Crippen LogP contribution in [0.15, 0.2) is 27.2 Å². The van der Waals surface area contributed by atoms with Crippen molar-refractivity contribution >= 4 is 15.9 Å². The molecule has 2 rings (SSSR count). The van der Waals surface area contributed by atoms with Gasteiger partial charge in [0, 0.05) is 29.7 Å². The maximum atomic E-state index is 5.58. The van der Waals surface area contributed by atoms with Gasteiger partial charge in [0.1, 0.15) is 5.69 Å². The number of aromatic nitrogens is 3. The van der Waals surface area contributed by atoms with Crippen LogP contribution in [-0.2, 0) is 6.42 Å². The first-order chi connectivity index (χ1) is 8.66. The minimum Gasteiger partial charge on any atom is -0.419 e. The highest BCUT2D eigenvalue weighted by molar-refractivity contribution is 9.10. The molecule has 5 nitrogen and oxygen atoms in total. The van der Waals surface area contributed by atoms with E-state index in [1.54, 1.807) is 6.20 Å². The Hall–Kier alpha value is -1.27. The Kier molecular flexibility index (Phi) is 4.43. The van der Waals surface area contributed by atoms with Crippen molar-refractivity contribution < 1.29 is 4.42 Å². The lowest BCUT2D eigenvalue weighted by atomic mass is 10.3. The van der Waals surface area contributed by atoms with Gasteiger partial charge in [-0.2, -0.15) is 0 Å². The van der Waals surface area contributed by atoms with Crippen molar-refractivity contribution in [2.24, 2.45) is 0 Å². The SMILES string of the molecule is CC(C)NCCc1nnc(-c2ncccc2Br)o1. The number of nitrogens with zero attached hydrogens (tertiary/aromatic N) is 3. The number of hydrogen-bond donors (Lipinski definition) is 1. The normalized spacial score (nSPS) is 11.1. The van der Waals surface area contributed by atoms with Crippen molar-refractivity contribution in [3.05, 3.63) is 28.7 Å². The van der Waals surface area contributed by atoms with E-state index >= 15 is 0 Å². The zero-order valence-corrected chi connectivity index (χ0v) is 11.9. The molecule has 0 bridgehead atoms. The molecule has 2 aromatic rings. The third kappa shape index (κ3) is 3.36. The molecule has 0 aromatic carbocycles. The third-order valence-corrected chi connectivity index (χ3v) is 2.96. The summed E-state index contributed by atoms with van der Waals surface area (Å²) in [6, 6.07) is 4.20. The molecule has 0 aliphatic carbocycles. The fourth-order valence-corrected chi connectivity index (χ4v) is 1.89. The summed E-state index contributed by atoms with van der Waals surface area (Å²) in [7, 11) is 0. The predicted octanol–water partition coefficient (Wildman–Crippen LogP) is 2.43. The molecule has 2 aromatic heterocycles. The topological polar surface area (TPSA) is 63.8 Å². The quantitative estimate of drug-likeness (QED) is 0.919. The summed E-state index contributed by atoms with van der Waals surface area (Å²) >= 11 is 3.41. The van der Waals surface area contributed by atoms with Gasteiger partial charge in [0.05, 0.1) is 0 Å². The van der Waals surface area contributed by atoms with Crippen LogP contribution in [0.3, 0.4) is 0 Å². The van der Waals surface area contributed by atoms with E-state index in [9.17, 15) is 0 Å². The highest BCUT2D eigenvalue weighted by Crippen LogP contribution is 2.24. The summed E-state index contributed by atoms with van der Waals surface area (Å²) in [6.45, 7) is 5.02. The molecule has 6 heteroatoms. The monoisotopic (exact) mass is 310 g/mol. The van der Waals surface area contributed by atoms with Crippen molar-refractivity contribution in [3.63, 3.8) is 0 Å². The molecule has 2 heterocycles. The van der Waals surface area contributed by atoms with Gasteiger partial charge in [-0.15, -0.1) is 10.2 Å². The fraction of sp³-hybridized carbons (Fsp3) is 0.417. The fourth-order valence-electron chi connectivity index (χ4n) is 1.46. The van der Waals surface area contributed by atoms with Crippen LogP contribution < -0.4 is 5.32 Å². The zero-order chi connectivity index (χ0) is 13.0. The van der Waals surface area contributed by atoms with Gasteiger partial charge in [-0.05, 0) is 28.1 Å². The lowest BCUT2D eigenvalue weighted by molar-refractivity contribution is 0.483. The van der Waals surface area contributed by atoms with Crippen molar-refractivity contribution in [3.8, 4) is 11.6 Å². The Balaban J connectivity index is 2.04. The van der Waals surface area contributed by atoms with Crippen LogP contribution >= 0.6 is 15.9 Å². The average molecular weight is 311 g/mol. The highest BCUT2D eigenvalue weighted by Gasteiger charge is 2.12. The molecule has 0 unspecified atom stereocenters. The molecule has 0 atom stereocenters. The average Bonchev–Trinajstić information content (AvgIpc) is 2.78. The van der Waals surface area contributed by atoms with Crippen molar-refractivity contribution in [1.82, 2.24) is 20.5 Å². The highest BCUT2D eigenvalue weighted by atomic mass is 79.9. The van der Waals surface area contributed by atoms with E-state index in [1.807, 2.05) is 12.1 Å². The number of nitrogens with one attached hydrogen (secondary N) is 1. The Morgan fingerprint density at radius 2 is 2.22 bits per heavy atom. The first-order valence-electron chi connectivity index (χ1n) is 5.83. The van der Waals surface area contributed by atoms with E-state index < -0.39 is 0 Å². The molecule has 96 valence electrons. The van der Waals surface area contributed by atoms with Gasteiger partial charge in [0.25, 0.3) is 5.89 Å². The van der Waals surface area contributed by atoms with E-state index in [0.29, 0.717) is 23.5 Å². The van der Waals surface area contributed by atoms with Crippen LogP contribution in [0.25, 0.3) is 11.6 Å². The summed E-state index contributed by atoms with van der Waals surface area (Å²) in [5.41, 5.74) is 0.674. The largest absolute Gasteiger partial charge is 0.419 e. The Bertz CT molecular complexity index is 512. The standard InChI is InChI=1S/C12H15BrN4O/c1-8(2)14-7-5-10-16-17-12(18-10)11-9(13)4-3-6-15-11/h3-4,6,8,14H,5,7H2,1-2H3. The minimum absolute atomic E-state index is 0.446. The number of rotatable bonds is 5. The first-order valence-corrected chi connectivity index (χ1v) is 6.63. The second-order valence-electron chi connectivity index (χ2n) is 4.19. The first kappa shape index (κ1) is 13.2. The molecule has 0 saturated heterocycles. The predicted molar refractivity (Wildman–Crippen MR) is 72.1 cm³/mol. The molecule has 0 amide bonds. The summed E-state index contributed by atoms with van der Waals surface area (Å²) in [6.07, 6.45) is 2.42. The lowest BCUT2D eigenvalue weighted by Crippen LogP contribution is -2.25. The molecule has 1 N–H and O–H groups in total. The van der Waals surface area contributed by atoms with Crippen molar-refractivity contribution in [2.45, 2.75) is 26.3 Å². The second-order valence-corrected chi connectivity index (χ2v) is 5.05. The van der Waals surface area contributed by atoms with Crippen molar-refractivity contribution in [1.29, 1.82) is 0 Å². The molecule has 18 heavy (non-hydrogen) atoms. The number of hydrogen-bond acceptors (Lipinski definition) is 5. The maximum Gasteiger partial charge on any atom is 0.267 e.